The molecule has 2 aromatic heterocycles. The average molecular weight is 441 g/mol. The minimum atomic E-state index is -0.572. The van der Waals surface area contributed by atoms with Crippen LogP contribution in [0.2, 0.25) is 5.02 Å². The fourth-order valence-electron chi connectivity index (χ4n) is 2.87. The number of benzene rings is 1. The number of nitrogens with one attached hydrogen (secondary N) is 1. The Bertz CT molecular complexity index is 1290. The highest BCUT2D eigenvalue weighted by Gasteiger charge is 2.36. The Morgan fingerprint density at radius 2 is 2.07 bits per heavy atom. The van der Waals surface area contributed by atoms with Crippen molar-refractivity contribution in [3.8, 4) is 11.3 Å². The maximum Gasteiger partial charge on any atom is 0.283 e. The van der Waals surface area contributed by atoms with Gasteiger partial charge in [-0.3, -0.25) is 10.2 Å². The fourth-order valence-corrected chi connectivity index (χ4v) is 3.91. The van der Waals surface area contributed by atoms with Crippen molar-refractivity contribution < 1.29 is 18.0 Å². The minimum absolute atomic E-state index is 0.0216. The highest BCUT2D eigenvalue weighted by molar-refractivity contribution is 8.27. The fraction of sp³-hybridized carbons (Fsp3) is 0. The predicted molar refractivity (Wildman–Crippen MR) is 112 cm³/mol. The SMILES string of the molecule is N=C1C(=Cc2ccc(-c3ccc(F)c(Cl)c3)o2)C(=O)N=C2SC(c3ccco3)=NN12. The van der Waals surface area contributed by atoms with E-state index < -0.39 is 11.7 Å². The van der Waals surface area contributed by atoms with Gasteiger partial charge >= 0.3 is 0 Å². The number of halogens is 2. The molecule has 0 bridgehead atoms. The number of carbonyl (C=O) groups excluding carboxylic acids is 1. The molecular weight excluding hydrogens is 431 g/mol. The van der Waals surface area contributed by atoms with Crippen molar-refractivity contribution in [2.24, 2.45) is 10.1 Å². The standard InChI is InChI=1S/C20H10ClFN4O3S/c21-13-8-10(3-5-14(13)22)15-6-4-11(29-15)9-12-17(23)26-20(24-18(12)27)30-19(25-26)16-2-1-7-28-16/h1-9,23H. The van der Waals surface area contributed by atoms with Gasteiger partial charge in [0.1, 0.15) is 17.3 Å². The number of nitrogens with zero attached hydrogens (tertiary/aromatic N) is 3. The van der Waals surface area contributed by atoms with Crippen molar-refractivity contribution in [1.29, 1.82) is 5.41 Å². The molecule has 3 aromatic rings. The van der Waals surface area contributed by atoms with Crippen molar-refractivity contribution in [2.75, 3.05) is 0 Å². The lowest BCUT2D eigenvalue weighted by molar-refractivity contribution is -0.114. The molecule has 0 radical (unpaired) electrons. The number of rotatable bonds is 3. The lowest BCUT2D eigenvalue weighted by atomic mass is 10.1. The number of carbonyl (C=O) groups is 1. The van der Waals surface area contributed by atoms with Crippen LogP contribution < -0.4 is 0 Å². The van der Waals surface area contributed by atoms with E-state index in [0.29, 0.717) is 27.9 Å². The lowest BCUT2D eigenvalue weighted by Crippen LogP contribution is -2.35. The summed E-state index contributed by atoms with van der Waals surface area (Å²) in [5.74, 6) is 0.0785. The molecule has 1 aromatic carbocycles. The summed E-state index contributed by atoms with van der Waals surface area (Å²) in [5.41, 5.74) is 0.613. The Balaban J connectivity index is 1.45. The molecule has 1 amide bonds. The molecule has 4 heterocycles. The second-order valence-corrected chi connectivity index (χ2v) is 7.60. The van der Waals surface area contributed by atoms with Crippen LogP contribution in [0.4, 0.5) is 4.39 Å². The molecule has 5 rings (SSSR count). The van der Waals surface area contributed by atoms with Crippen molar-refractivity contribution in [2.45, 2.75) is 0 Å². The van der Waals surface area contributed by atoms with Gasteiger partial charge < -0.3 is 8.83 Å². The molecule has 0 saturated heterocycles. The molecule has 0 unspecified atom stereocenters. The van der Waals surface area contributed by atoms with Gasteiger partial charge in [0.15, 0.2) is 16.6 Å². The number of hydrogen-bond donors (Lipinski definition) is 1. The minimum Gasteiger partial charge on any atom is -0.462 e. The zero-order valence-electron chi connectivity index (χ0n) is 14.9. The Kier molecular flexibility index (Phi) is 4.41. The first kappa shape index (κ1) is 18.6. The molecule has 2 aliphatic heterocycles. The lowest BCUT2D eigenvalue weighted by Gasteiger charge is -2.19. The number of aliphatic imine (C=N–C) groups is 1. The molecule has 1 N–H and O–H groups in total. The van der Waals surface area contributed by atoms with Crippen LogP contribution in [0.1, 0.15) is 11.5 Å². The third kappa shape index (κ3) is 3.17. The smallest absolute Gasteiger partial charge is 0.283 e. The topological polar surface area (TPSA) is 95.2 Å². The highest BCUT2D eigenvalue weighted by Crippen LogP contribution is 2.32. The summed E-state index contributed by atoms with van der Waals surface area (Å²) in [7, 11) is 0. The number of hydrazone groups is 1. The molecule has 148 valence electrons. The third-order valence-electron chi connectivity index (χ3n) is 4.30. The number of hydrogen-bond acceptors (Lipinski definition) is 6. The largest absolute Gasteiger partial charge is 0.462 e. The van der Waals surface area contributed by atoms with Gasteiger partial charge in [-0.15, -0.1) is 0 Å². The van der Waals surface area contributed by atoms with E-state index in [-0.39, 0.29) is 21.6 Å². The molecule has 7 nitrogen and oxygen atoms in total. The highest BCUT2D eigenvalue weighted by atomic mass is 35.5. The van der Waals surface area contributed by atoms with Gasteiger partial charge in [0.2, 0.25) is 5.17 Å². The number of fused-ring (bicyclic) bond motifs is 1. The molecule has 10 heteroatoms. The number of furan rings is 2. The van der Waals surface area contributed by atoms with E-state index in [1.54, 1.807) is 24.3 Å². The molecule has 0 atom stereocenters. The van der Waals surface area contributed by atoms with Crippen LogP contribution in [0.25, 0.3) is 17.4 Å². The monoisotopic (exact) mass is 440 g/mol. The zero-order valence-corrected chi connectivity index (χ0v) is 16.5. The number of thioether (sulfide) groups is 1. The third-order valence-corrected chi connectivity index (χ3v) is 5.52. The van der Waals surface area contributed by atoms with Crippen LogP contribution >= 0.6 is 23.4 Å². The quantitative estimate of drug-likeness (QED) is 0.578. The Morgan fingerprint density at radius 3 is 2.83 bits per heavy atom. The van der Waals surface area contributed by atoms with E-state index >= 15 is 0 Å². The van der Waals surface area contributed by atoms with Crippen LogP contribution in [0.3, 0.4) is 0 Å². The van der Waals surface area contributed by atoms with E-state index in [2.05, 4.69) is 10.1 Å². The number of amidine groups is 2. The molecule has 0 spiro atoms. The molecular formula is C20H10ClFN4O3S. The van der Waals surface area contributed by atoms with Gasteiger partial charge in [0.25, 0.3) is 5.91 Å². The first-order chi connectivity index (χ1) is 14.5. The van der Waals surface area contributed by atoms with Crippen LogP contribution in [0.15, 0.2) is 73.2 Å². The van der Waals surface area contributed by atoms with Gasteiger partial charge in [0.05, 0.1) is 16.9 Å². The van der Waals surface area contributed by atoms with Crippen LogP contribution in [-0.4, -0.2) is 27.0 Å². The Labute approximate surface area is 178 Å². The molecule has 30 heavy (non-hydrogen) atoms. The predicted octanol–water partition coefficient (Wildman–Crippen LogP) is 5.00. The summed E-state index contributed by atoms with van der Waals surface area (Å²) in [6.07, 6.45) is 2.94. The summed E-state index contributed by atoms with van der Waals surface area (Å²) in [4.78, 5) is 16.5. The van der Waals surface area contributed by atoms with Crippen molar-refractivity contribution in [1.82, 2.24) is 5.01 Å². The molecule has 2 aliphatic rings. The van der Waals surface area contributed by atoms with Crippen molar-refractivity contribution >= 4 is 51.4 Å². The van der Waals surface area contributed by atoms with E-state index in [1.165, 1.54) is 35.5 Å². The van der Waals surface area contributed by atoms with Gasteiger partial charge in [-0.1, -0.05) is 11.6 Å². The van der Waals surface area contributed by atoms with Crippen LogP contribution in [0, 0.1) is 11.2 Å². The zero-order chi connectivity index (χ0) is 20.8. The molecule has 0 saturated carbocycles. The Morgan fingerprint density at radius 1 is 1.20 bits per heavy atom. The normalized spacial score (nSPS) is 17.4. The molecule has 0 aliphatic carbocycles. The summed E-state index contributed by atoms with van der Waals surface area (Å²) >= 11 is 6.97. The van der Waals surface area contributed by atoms with Gasteiger partial charge in [-0.05, 0) is 60.3 Å². The maximum absolute atomic E-state index is 13.4. The van der Waals surface area contributed by atoms with Crippen molar-refractivity contribution in [3.63, 3.8) is 0 Å². The van der Waals surface area contributed by atoms with Gasteiger partial charge in [-0.25, -0.2) is 4.39 Å². The summed E-state index contributed by atoms with van der Waals surface area (Å²) in [5, 5.41) is 14.8. The average Bonchev–Trinajstić information content (AvgIpc) is 3.47. The number of amides is 1. The summed E-state index contributed by atoms with van der Waals surface area (Å²) in [6.45, 7) is 0. The van der Waals surface area contributed by atoms with Gasteiger partial charge in [-0.2, -0.15) is 15.1 Å². The maximum atomic E-state index is 13.4. The second kappa shape index (κ2) is 7.12. The van der Waals surface area contributed by atoms with Crippen LogP contribution in [-0.2, 0) is 4.79 Å². The van der Waals surface area contributed by atoms with E-state index in [4.69, 9.17) is 25.8 Å². The first-order valence-corrected chi connectivity index (χ1v) is 9.78. The van der Waals surface area contributed by atoms with Gasteiger partial charge in [0, 0.05) is 5.56 Å². The molecule has 0 fully saturated rings. The summed E-state index contributed by atoms with van der Waals surface area (Å²) < 4.78 is 24.4. The second-order valence-electron chi connectivity index (χ2n) is 6.23. The van der Waals surface area contributed by atoms with Crippen LogP contribution in [0.5, 0.6) is 0 Å². The van der Waals surface area contributed by atoms with Crippen molar-refractivity contribution in [3.05, 3.63) is 76.7 Å². The summed E-state index contributed by atoms with van der Waals surface area (Å²) in [6, 6.07) is 11.0. The van der Waals surface area contributed by atoms with E-state index in [0.717, 1.165) is 11.8 Å². The van der Waals surface area contributed by atoms with E-state index in [1.807, 2.05) is 0 Å². The Hall–Kier alpha value is -3.43. The first-order valence-electron chi connectivity index (χ1n) is 8.59. The van der Waals surface area contributed by atoms with E-state index in [9.17, 15) is 9.18 Å².